The SMILES string of the molecule is C[C@@H]1C(C#N)=C(N)O[C@@H]1C. The van der Waals surface area contributed by atoms with Gasteiger partial charge >= 0.3 is 0 Å². The van der Waals surface area contributed by atoms with Crippen molar-refractivity contribution in [3.63, 3.8) is 0 Å². The topological polar surface area (TPSA) is 59.0 Å². The molecule has 1 aliphatic rings. The number of hydrogen-bond acceptors (Lipinski definition) is 3. The normalized spacial score (nSPS) is 31.7. The fraction of sp³-hybridized carbons (Fsp3) is 0.571. The molecule has 0 aliphatic carbocycles. The number of hydrogen-bond donors (Lipinski definition) is 1. The third-order valence-corrected chi connectivity index (χ3v) is 1.86. The van der Waals surface area contributed by atoms with Crippen LogP contribution in [0.15, 0.2) is 11.5 Å². The van der Waals surface area contributed by atoms with E-state index in [-0.39, 0.29) is 12.0 Å². The molecule has 0 radical (unpaired) electrons. The predicted molar refractivity (Wildman–Crippen MR) is 36.5 cm³/mol. The van der Waals surface area contributed by atoms with Gasteiger partial charge in [0.05, 0.1) is 5.57 Å². The summed E-state index contributed by atoms with van der Waals surface area (Å²) in [6.07, 6.45) is 0.0506. The Labute approximate surface area is 60.1 Å². The summed E-state index contributed by atoms with van der Waals surface area (Å²) in [6, 6.07) is 2.02. The number of nitrogens with zero attached hydrogens (tertiary/aromatic N) is 1. The van der Waals surface area contributed by atoms with E-state index < -0.39 is 0 Å². The van der Waals surface area contributed by atoms with Crippen LogP contribution < -0.4 is 5.73 Å². The molecule has 0 aromatic heterocycles. The first-order chi connectivity index (χ1) is 4.66. The van der Waals surface area contributed by atoms with Crippen LogP contribution in [-0.2, 0) is 4.74 Å². The van der Waals surface area contributed by atoms with Crippen LogP contribution in [0.3, 0.4) is 0 Å². The van der Waals surface area contributed by atoms with Gasteiger partial charge in [-0.05, 0) is 6.92 Å². The van der Waals surface area contributed by atoms with Crippen LogP contribution >= 0.6 is 0 Å². The number of nitriles is 1. The van der Waals surface area contributed by atoms with E-state index in [4.69, 9.17) is 15.7 Å². The quantitative estimate of drug-likeness (QED) is 0.537. The lowest BCUT2D eigenvalue weighted by atomic mass is 10.0. The molecule has 10 heavy (non-hydrogen) atoms. The van der Waals surface area contributed by atoms with Crippen LogP contribution in [0.1, 0.15) is 13.8 Å². The molecule has 3 heteroatoms. The molecule has 1 rings (SSSR count). The third-order valence-electron chi connectivity index (χ3n) is 1.86. The van der Waals surface area contributed by atoms with E-state index >= 15 is 0 Å². The molecule has 0 saturated carbocycles. The Morgan fingerprint density at radius 2 is 2.20 bits per heavy atom. The first kappa shape index (κ1) is 6.94. The minimum atomic E-state index is 0.0506. The molecule has 0 amide bonds. The van der Waals surface area contributed by atoms with E-state index in [2.05, 4.69) is 0 Å². The fourth-order valence-corrected chi connectivity index (χ4v) is 0.982. The molecular weight excluding hydrogens is 128 g/mol. The van der Waals surface area contributed by atoms with E-state index in [9.17, 15) is 0 Å². The van der Waals surface area contributed by atoms with Crippen molar-refractivity contribution >= 4 is 0 Å². The second-order valence-electron chi connectivity index (χ2n) is 2.50. The Bertz CT molecular complexity index is 214. The molecule has 1 heterocycles. The summed E-state index contributed by atoms with van der Waals surface area (Å²) < 4.78 is 5.11. The van der Waals surface area contributed by atoms with Gasteiger partial charge in [0, 0.05) is 5.92 Å². The molecule has 0 spiro atoms. The van der Waals surface area contributed by atoms with Gasteiger partial charge in [-0.3, -0.25) is 0 Å². The van der Waals surface area contributed by atoms with Crippen molar-refractivity contribution in [1.29, 1.82) is 5.26 Å². The van der Waals surface area contributed by atoms with Crippen LogP contribution in [0.2, 0.25) is 0 Å². The van der Waals surface area contributed by atoms with Crippen molar-refractivity contribution in [2.45, 2.75) is 20.0 Å². The van der Waals surface area contributed by atoms with Crippen LogP contribution in [-0.4, -0.2) is 6.10 Å². The Balaban J connectivity index is 2.88. The predicted octanol–water partition coefficient (Wildman–Crippen LogP) is 0.735. The molecule has 3 nitrogen and oxygen atoms in total. The van der Waals surface area contributed by atoms with Gasteiger partial charge in [-0.15, -0.1) is 0 Å². The summed E-state index contributed by atoms with van der Waals surface area (Å²) in [7, 11) is 0. The van der Waals surface area contributed by atoms with Gasteiger partial charge in [0.25, 0.3) is 0 Å². The van der Waals surface area contributed by atoms with Gasteiger partial charge in [0.2, 0.25) is 0 Å². The Kier molecular flexibility index (Phi) is 1.54. The summed E-state index contributed by atoms with van der Waals surface area (Å²) in [5, 5.41) is 8.56. The monoisotopic (exact) mass is 138 g/mol. The number of nitrogens with two attached hydrogens (primary N) is 1. The smallest absolute Gasteiger partial charge is 0.198 e. The Morgan fingerprint density at radius 1 is 1.60 bits per heavy atom. The number of rotatable bonds is 0. The summed E-state index contributed by atoms with van der Waals surface area (Å²) in [6.45, 7) is 3.84. The lowest BCUT2D eigenvalue weighted by molar-refractivity contribution is 0.132. The maximum Gasteiger partial charge on any atom is 0.198 e. The maximum absolute atomic E-state index is 8.56. The molecule has 2 atom stereocenters. The lowest BCUT2D eigenvalue weighted by Gasteiger charge is -2.07. The van der Waals surface area contributed by atoms with Gasteiger partial charge < -0.3 is 10.5 Å². The van der Waals surface area contributed by atoms with Crippen LogP contribution in [0.5, 0.6) is 0 Å². The summed E-state index contributed by atoms with van der Waals surface area (Å²) in [4.78, 5) is 0. The lowest BCUT2D eigenvalue weighted by Crippen LogP contribution is -2.10. The van der Waals surface area contributed by atoms with Crippen molar-refractivity contribution in [2.75, 3.05) is 0 Å². The van der Waals surface area contributed by atoms with Crippen LogP contribution in [0, 0.1) is 17.2 Å². The average Bonchev–Trinajstić information content (AvgIpc) is 2.09. The van der Waals surface area contributed by atoms with Gasteiger partial charge in [0.15, 0.2) is 5.88 Å². The highest BCUT2D eigenvalue weighted by atomic mass is 16.5. The largest absolute Gasteiger partial charge is 0.475 e. The van der Waals surface area contributed by atoms with Gasteiger partial charge in [-0.2, -0.15) is 5.26 Å². The highest BCUT2D eigenvalue weighted by Crippen LogP contribution is 2.26. The first-order valence-electron chi connectivity index (χ1n) is 3.23. The van der Waals surface area contributed by atoms with Gasteiger partial charge in [-0.25, -0.2) is 0 Å². The zero-order valence-electron chi connectivity index (χ0n) is 6.09. The third kappa shape index (κ3) is 0.820. The highest BCUT2D eigenvalue weighted by Gasteiger charge is 2.28. The Morgan fingerprint density at radius 3 is 2.40 bits per heavy atom. The molecule has 0 fully saturated rings. The van der Waals surface area contributed by atoms with Crippen molar-refractivity contribution in [3.05, 3.63) is 11.5 Å². The molecule has 0 saturated heterocycles. The summed E-state index contributed by atoms with van der Waals surface area (Å²) in [5.41, 5.74) is 5.98. The van der Waals surface area contributed by atoms with E-state index in [1.807, 2.05) is 19.9 Å². The first-order valence-corrected chi connectivity index (χ1v) is 3.23. The molecular formula is C7H10N2O. The zero-order chi connectivity index (χ0) is 7.72. The van der Waals surface area contributed by atoms with Crippen LogP contribution in [0.4, 0.5) is 0 Å². The minimum Gasteiger partial charge on any atom is -0.475 e. The molecule has 1 aliphatic heterocycles. The van der Waals surface area contributed by atoms with Crippen molar-refractivity contribution in [1.82, 2.24) is 0 Å². The van der Waals surface area contributed by atoms with Crippen LogP contribution in [0.25, 0.3) is 0 Å². The van der Waals surface area contributed by atoms with Gasteiger partial charge in [-0.1, -0.05) is 6.92 Å². The average molecular weight is 138 g/mol. The maximum atomic E-state index is 8.56. The van der Waals surface area contributed by atoms with Gasteiger partial charge in [0.1, 0.15) is 12.2 Å². The van der Waals surface area contributed by atoms with E-state index in [0.29, 0.717) is 11.5 Å². The van der Waals surface area contributed by atoms with Crippen molar-refractivity contribution in [2.24, 2.45) is 11.7 Å². The van der Waals surface area contributed by atoms with E-state index in [1.54, 1.807) is 0 Å². The van der Waals surface area contributed by atoms with Crippen molar-refractivity contribution in [3.8, 4) is 6.07 Å². The molecule has 0 bridgehead atoms. The molecule has 0 aromatic rings. The zero-order valence-corrected chi connectivity index (χ0v) is 6.09. The highest BCUT2D eigenvalue weighted by molar-refractivity contribution is 5.29. The van der Waals surface area contributed by atoms with E-state index in [1.165, 1.54) is 0 Å². The Hall–Kier alpha value is -1.17. The molecule has 2 N–H and O–H groups in total. The summed E-state index contributed by atoms with van der Waals surface area (Å²) >= 11 is 0. The van der Waals surface area contributed by atoms with E-state index in [0.717, 1.165) is 0 Å². The molecule has 0 aromatic carbocycles. The summed E-state index contributed by atoms with van der Waals surface area (Å²) in [5.74, 6) is 0.437. The minimum absolute atomic E-state index is 0.0506. The second kappa shape index (κ2) is 2.22. The molecule has 54 valence electrons. The standard InChI is InChI=1S/C7H10N2O/c1-4-5(2)10-7(9)6(4)3-8/h4-5H,9H2,1-2H3/t4-,5+/m0/s1. The molecule has 0 unspecified atom stereocenters. The fourth-order valence-electron chi connectivity index (χ4n) is 0.982. The second-order valence-corrected chi connectivity index (χ2v) is 2.50. The number of ether oxygens (including phenoxy) is 1. The van der Waals surface area contributed by atoms with Crippen molar-refractivity contribution < 1.29 is 4.74 Å².